The minimum absolute atomic E-state index is 0.173. The minimum atomic E-state index is -0.253. The fraction of sp³-hybridized carbons (Fsp3) is 0.370. The maximum atomic E-state index is 12.0. The summed E-state index contributed by atoms with van der Waals surface area (Å²) in [5, 5.41) is 16.8. The molecule has 0 bridgehead atoms. The first-order valence-electron chi connectivity index (χ1n) is 12.5. The number of aryl methyl sites for hydroxylation is 2. The zero-order chi connectivity index (χ0) is 25.9. The second-order valence-electron chi connectivity index (χ2n) is 9.14. The molecule has 4 aromatic rings. The first-order chi connectivity index (χ1) is 17.9. The van der Waals surface area contributed by atoms with Crippen molar-refractivity contribution in [3.8, 4) is 17.0 Å². The number of carbonyl (C=O) groups is 1. The van der Waals surface area contributed by atoms with E-state index in [9.17, 15) is 4.79 Å². The first-order valence-corrected chi connectivity index (χ1v) is 12.5. The molecule has 10 heteroatoms. The topological polar surface area (TPSA) is 109 Å². The highest BCUT2D eigenvalue weighted by molar-refractivity contribution is 5.93. The number of nitrogens with one attached hydrogen (secondary N) is 1. The van der Waals surface area contributed by atoms with E-state index in [2.05, 4.69) is 25.3 Å². The number of anilines is 1. The Kier molecular flexibility index (Phi) is 6.89. The molecule has 0 aliphatic carbocycles. The van der Waals surface area contributed by atoms with E-state index in [1.807, 2.05) is 64.2 Å². The summed E-state index contributed by atoms with van der Waals surface area (Å²) in [5.74, 6) is 1.63. The number of aromatic amines is 1. The summed E-state index contributed by atoms with van der Waals surface area (Å²) in [5.41, 5.74) is 5.62. The predicted molar refractivity (Wildman–Crippen MR) is 141 cm³/mol. The molecule has 0 radical (unpaired) electrons. The third-order valence-electron chi connectivity index (χ3n) is 6.68. The van der Waals surface area contributed by atoms with Crippen molar-refractivity contribution in [3.05, 3.63) is 59.5 Å². The molecule has 3 aromatic heterocycles. The lowest BCUT2D eigenvalue weighted by Gasteiger charge is -2.34. The van der Waals surface area contributed by atoms with Crippen LogP contribution in [0.1, 0.15) is 36.8 Å². The Bertz CT molecular complexity index is 1370. The van der Waals surface area contributed by atoms with Crippen LogP contribution >= 0.6 is 0 Å². The van der Waals surface area contributed by atoms with Crippen molar-refractivity contribution in [2.45, 2.75) is 33.8 Å². The Labute approximate surface area is 215 Å². The second kappa shape index (κ2) is 10.4. The van der Waals surface area contributed by atoms with Crippen molar-refractivity contribution in [1.82, 2.24) is 30.3 Å². The number of ether oxygens (including phenoxy) is 2. The molecule has 10 nitrogen and oxygen atoms in total. The van der Waals surface area contributed by atoms with Gasteiger partial charge in [0.05, 0.1) is 24.0 Å². The van der Waals surface area contributed by atoms with Crippen molar-refractivity contribution in [1.29, 1.82) is 0 Å². The predicted octanol–water partition coefficient (Wildman–Crippen LogP) is 4.45. The summed E-state index contributed by atoms with van der Waals surface area (Å²) < 4.78 is 11.4. The molecule has 1 fully saturated rings. The monoisotopic (exact) mass is 501 g/mol. The van der Waals surface area contributed by atoms with Gasteiger partial charge < -0.3 is 19.3 Å². The largest absolute Gasteiger partial charge is 0.486 e. The number of H-pyrrole nitrogens is 1. The van der Waals surface area contributed by atoms with Crippen LogP contribution in [0.25, 0.3) is 22.2 Å². The number of piperazine rings is 1. The molecule has 1 aromatic carbocycles. The number of aromatic nitrogens is 5. The van der Waals surface area contributed by atoms with Gasteiger partial charge in [0.15, 0.2) is 0 Å². The fourth-order valence-electron chi connectivity index (χ4n) is 4.82. The second-order valence-corrected chi connectivity index (χ2v) is 9.14. The number of nitrogens with zero attached hydrogens (tertiary/aromatic N) is 6. The van der Waals surface area contributed by atoms with Gasteiger partial charge in [0.2, 0.25) is 0 Å². The quantitative estimate of drug-likeness (QED) is 0.413. The molecule has 1 amide bonds. The molecule has 5 rings (SSSR count). The van der Waals surface area contributed by atoms with Crippen molar-refractivity contribution in [2.75, 3.05) is 37.7 Å². The van der Waals surface area contributed by atoms with Crippen molar-refractivity contribution >= 4 is 22.8 Å². The summed E-state index contributed by atoms with van der Waals surface area (Å²) in [4.78, 5) is 20.6. The van der Waals surface area contributed by atoms with E-state index < -0.39 is 0 Å². The number of amides is 1. The summed E-state index contributed by atoms with van der Waals surface area (Å²) in [6.07, 6.45) is 3.18. The van der Waals surface area contributed by atoms with Crippen LogP contribution in [-0.2, 0) is 4.74 Å². The third kappa shape index (κ3) is 5.04. The van der Waals surface area contributed by atoms with E-state index in [1.54, 1.807) is 11.1 Å². The molecule has 37 heavy (non-hydrogen) atoms. The molecule has 1 aliphatic rings. The summed E-state index contributed by atoms with van der Waals surface area (Å²) in [7, 11) is 0. The lowest BCUT2D eigenvalue weighted by molar-refractivity contribution is 0.105. The van der Waals surface area contributed by atoms with Gasteiger partial charge in [0.25, 0.3) is 0 Å². The number of fused-ring (bicyclic) bond motifs is 1. The van der Waals surface area contributed by atoms with Gasteiger partial charge in [0, 0.05) is 48.9 Å². The molecule has 0 spiro atoms. The zero-order valence-corrected chi connectivity index (χ0v) is 21.6. The minimum Gasteiger partial charge on any atom is -0.486 e. The summed E-state index contributed by atoms with van der Waals surface area (Å²) in [6.45, 7) is 10.8. The number of rotatable bonds is 6. The molecule has 0 unspecified atom stereocenters. The molecule has 192 valence electrons. The smallest absolute Gasteiger partial charge is 0.409 e. The van der Waals surface area contributed by atoms with Crippen molar-refractivity contribution < 1.29 is 14.3 Å². The standard InChI is InChI=1S/C27H31N7O3/c1-5-36-27(35)34-12-10-33(11-13-34)24-9-6-20(16-28-24)26-22-14-21(7-8-23(22)31-32-26)37-19(4)25-17(2)15-29-30-18(25)3/h6-9,14-16,19H,5,10-13H2,1-4H3,(H,31,32)/t19-/m0/s1. The highest BCUT2D eigenvalue weighted by Crippen LogP contribution is 2.32. The first kappa shape index (κ1) is 24.5. The van der Waals surface area contributed by atoms with Crippen LogP contribution in [-0.4, -0.2) is 69.2 Å². The van der Waals surface area contributed by atoms with Gasteiger partial charge in [-0.2, -0.15) is 15.3 Å². The van der Waals surface area contributed by atoms with Crippen LogP contribution in [0.2, 0.25) is 0 Å². The van der Waals surface area contributed by atoms with Crippen LogP contribution in [0.3, 0.4) is 0 Å². The number of pyridine rings is 1. The van der Waals surface area contributed by atoms with Gasteiger partial charge in [-0.05, 0) is 63.6 Å². The molecule has 1 aliphatic heterocycles. The van der Waals surface area contributed by atoms with Crippen molar-refractivity contribution in [3.63, 3.8) is 0 Å². The molecule has 1 saturated heterocycles. The lowest BCUT2D eigenvalue weighted by Crippen LogP contribution is -2.49. The van der Waals surface area contributed by atoms with E-state index in [-0.39, 0.29) is 12.2 Å². The van der Waals surface area contributed by atoms with Gasteiger partial charge in [-0.15, -0.1) is 0 Å². The van der Waals surface area contributed by atoms with Crippen LogP contribution in [0.15, 0.2) is 42.7 Å². The zero-order valence-electron chi connectivity index (χ0n) is 21.6. The third-order valence-corrected chi connectivity index (χ3v) is 6.68. The van der Waals surface area contributed by atoms with E-state index in [0.29, 0.717) is 32.8 Å². The van der Waals surface area contributed by atoms with E-state index in [4.69, 9.17) is 14.5 Å². The SMILES string of the molecule is CCOC(=O)N1CCN(c2ccc(-c3n[nH]c4ccc(O[C@@H](C)c5c(C)cnnc5C)cc34)cn2)CC1. The molecule has 4 heterocycles. The highest BCUT2D eigenvalue weighted by Gasteiger charge is 2.23. The Morgan fingerprint density at radius 1 is 1.11 bits per heavy atom. The Morgan fingerprint density at radius 2 is 1.92 bits per heavy atom. The van der Waals surface area contributed by atoms with Gasteiger partial charge in [-0.1, -0.05) is 0 Å². The number of carbonyl (C=O) groups excluding carboxylic acids is 1. The van der Waals surface area contributed by atoms with Crippen LogP contribution in [0.4, 0.5) is 10.6 Å². The van der Waals surface area contributed by atoms with Gasteiger partial charge in [0.1, 0.15) is 23.4 Å². The van der Waals surface area contributed by atoms with Crippen LogP contribution in [0, 0.1) is 13.8 Å². The van der Waals surface area contributed by atoms with Crippen LogP contribution in [0.5, 0.6) is 5.75 Å². The van der Waals surface area contributed by atoms with Crippen molar-refractivity contribution in [2.24, 2.45) is 0 Å². The highest BCUT2D eigenvalue weighted by atomic mass is 16.6. The molecule has 1 N–H and O–H groups in total. The molecule has 1 atom stereocenters. The molecular formula is C27H31N7O3. The van der Waals surface area contributed by atoms with Crippen LogP contribution < -0.4 is 9.64 Å². The van der Waals surface area contributed by atoms with Gasteiger partial charge >= 0.3 is 6.09 Å². The van der Waals surface area contributed by atoms with Gasteiger partial charge in [-0.25, -0.2) is 9.78 Å². The summed E-state index contributed by atoms with van der Waals surface area (Å²) in [6, 6.07) is 9.95. The Morgan fingerprint density at radius 3 is 2.62 bits per heavy atom. The molecular weight excluding hydrogens is 470 g/mol. The lowest BCUT2D eigenvalue weighted by atomic mass is 10.0. The van der Waals surface area contributed by atoms with E-state index in [0.717, 1.165) is 50.5 Å². The number of benzene rings is 1. The number of hydrogen-bond acceptors (Lipinski definition) is 8. The number of hydrogen-bond donors (Lipinski definition) is 1. The maximum Gasteiger partial charge on any atom is 0.409 e. The fourth-order valence-corrected chi connectivity index (χ4v) is 4.82. The van der Waals surface area contributed by atoms with E-state index in [1.165, 1.54) is 0 Å². The summed E-state index contributed by atoms with van der Waals surface area (Å²) >= 11 is 0. The average Bonchev–Trinajstić information content (AvgIpc) is 3.32. The Hall–Kier alpha value is -4.21. The van der Waals surface area contributed by atoms with E-state index >= 15 is 0 Å². The molecule has 0 saturated carbocycles. The van der Waals surface area contributed by atoms with Gasteiger partial charge in [-0.3, -0.25) is 5.10 Å². The normalized spacial score (nSPS) is 14.6. The Balaban J connectivity index is 1.31. The average molecular weight is 502 g/mol. The maximum absolute atomic E-state index is 12.0.